The summed E-state index contributed by atoms with van der Waals surface area (Å²) >= 11 is 0. The van der Waals surface area contributed by atoms with E-state index in [2.05, 4.69) is 0 Å². The molecular formula is C20H24O4. The van der Waals surface area contributed by atoms with Crippen LogP contribution in [0, 0.1) is 5.92 Å². The van der Waals surface area contributed by atoms with Crippen molar-refractivity contribution in [3.05, 3.63) is 35.9 Å². The van der Waals surface area contributed by atoms with Crippen molar-refractivity contribution < 1.29 is 19.1 Å². The highest BCUT2D eigenvalue weighted by atomic mass is 16.5. The molecule has 0 aliphatic rings. The zero-order valence-electron chi connectivity index (χ0n) is 14.7. The molecule has 0 aliphatic carbocycles. The Morgan fingerprint density at radius 2 is 1.88 bits per heavy atom. The first-order valence-electron chi connectivity index (χ1n) is 8.30. The van der Waals surface area contributed by atoms with E-state index in [1.54, 1.807) is 13.2 Å². The molecule has 0 radical (unpaired) electrons. The third-order valence-corrected chi connectivity index (χ3v) is 3.72. The van der Waals surface area contributed by atoms with Gasteiger partial charge in [-0.05, 0) is 42.0 Å². The Labute approximate surface area is 142 Å². The van der Waals surface area contributed by atoms with Gasteiger partial charge in [-0.1, -0.05) is 26.8 Å². The van der Waals surface area contributed by atoms with Crippen LogP contribution in [0.4, 0.5) is 0 Å². The van der Waals surface area contributed by atoms with Crippen LogP contribution >= 0.6 is 0 Å². The van der Waals surface area contributed by atoms with E-state index in [0.717, 1.165) is 10.8 Å². The average Bonchev–Trinajstić information content (AvgIpc) is 2.53. The number of ketones is 1. The molecule has 4 heteroatoms. The number of benzene rings is 2. The van der Waals surface area contributed by atoms with Gasteiger partial charge in [0.25, 0.3) is 0 Å². The van der Waals surface area contributed by atoms with Gasteiger partial charge in [-0.25, -0.2) is 0 Å². The summed E-state index contributed by atoms with van der Waals surface area (Å²) in [4.78, 5) is 24.4. The second-order valence-corrected chi connectivity index (χ2v) is 6.31. The maximum atomic E-state index is 12.4. The number of rotatable bonds is 7. The lowest BCUT2D eigenvalue weighted by molar-refractivity contribution is -0.134. The standard InChI is InChI=1S/C20H24O4/c1-5-6-20(22)24-19-11-15(18(21)9-13(2)3)10-14-7-8-16(23-4)12-17(14)19/h7-8,10-13H,5-6,9H2,1-4H3. The lowest BCUT2D eigenvalue weighted by Gasteiger charge is -2.12. The lowest BCUT2D eigenvalue weighted by atomic mass is 9.98. The Bertz CT molecular complexity index is 747. The number of ether oxygens (including phenoxy) is 2. The number of hydrogen-bond donors (Lipinski definition) is 0. The van der Waals surface area contributed by atoms with Crippen molar-refractivity contribution in [1.29, 1.82) is 0 Å². The monoisotopic (exact) mass is 328 g/mol. The smallest absolute Gasteiger partial charge is 0.311 e. The Kier molecular flexibility index (Phi) is 5.96. The topological polar surface area (TPSA) is 52.6 Å². The minimum atomic E-state index is -0.296. The molecule has 2 rings (SSSR count). The van der Waals surface area contributed by atoms with Crippen molar-refractivity contribution >= 4 is 22.5 Å². The fourth-order valence-corrected chi connectivity index (χ4v) is 2.54. The summed E-state index contributed by atoms with van der Waals surface area (Å²) in [6.07, 6.45) is 1.52. The van der Waals surface area contributed by atoms with Gasteiger partial charge in [-0.3, -0.25) is 9.59 Å². The molecule has 2 aromatic carbocycles. The summed E-state index contributed by atoms with van der Waals surface area (Å²) in [7, 11) is 1.59. The molecule has 0 heterocycles. The van der Waals surface area contributed by atoms with Crippen LogP contribution < -0.4 is 9.47 Å². The Morgan fingerprint density at radius 3 is 2.50 bits per heavy atom. The zero-order chi connectivity index (χ0) is 17.7. The van der Waals surface area contributed by atoms with Crippen molar-refractivity contribution in [3.8, 4) is 11.5 Å². The van der Waals surface area contributed by atoms with Gasteiger partial charge in [0.15, 0.2) is 5.78 Å². The third-order valence-electron chi connectivity index (χ3n) is 3.72. The summed E-state index contributed by atoms with van der Waals surface area (Å²) in [5.74, 6) is 1.12. The summed E-state index contributed by atoms with van der Waals surface area (Å²) in [5.41, 5.74) is 0.570. The number of Topliss-reactive ketones (excluding diaryl/α,β-unsaturated/α-hetero) is 1. The molecule has 0 aliphatic heterocycles. The molecule has 24 heavy (non-hydrogen) atoms. The molecule has 128 valence electrons. The van der Waals surface area contributed by atoms with Gasteiger partial charge in [-0.2, -0.15) is 0 Å². The van der Waals surface area contributed by atoms with Crippen LogP contribution in [-0.2, 0) is 4.79 Å². The summed E-state index contributed by atoms with van der Waals surface area (Å²) in [6, 6.07) is 9.03. The van der Waals surface area contributed by atoms with E-state index in [0.29, 0.717) is 36.3 Å². The highest BCUT2D eigenvalue weighted by molar-refractivity contribution is 6.02. The van der Waals surface area contributed by atoms with E-state index in [9.17, 15) is 9.59 Å². The van der Waals surface area contributed by atoms with E-state index >= 15 is 0 Å². The number of carbonyl (C=O) groups excluding carboxylic acids is 2. The van der Waals surface area contributed by atoms with Gasteiger partial charge in [-0.15, -0.1) is 0 Å². The Hall–Kier alpha value is -2.36. The minimum absolute atomic E-state index is 0.0514. The molecule has 0 spiro atoms. The first-order valence-corrected chi connectivity index (χ1v) is 8.30. The van der Waals surface area contributed by atoms with Gasteiger partial charge < -0.3 is 9.47 Å². The zero-order valence-corrected chi connectivity index (χ0v) is 14.7. The quantitative estimate of drug-likeness (QED) is 0.417. The van der Waals surface area contributed by atoms with Gasteiger partial charge in [0.05, 0.1) is 7.11 Å². The van der Waals surface area contributed by atoms with E-state index in [4.69, 9.17) is 9.47 Å². The number of fused-ring (bicyclic) bond motifs is 1. The van der Waals surface area contributed by atoms with Gasteiger partial charge >= 0.3 is 5.97 Å². The highest BCUT2D eigenvalue weighted by Gasteiger charge is 2.15. The predicted molar refractivity (Wildman–Crippen MR) is 94.8 cm³/mol. The van der Waals surface area contributed by atoms with Crippen LogP contribution in [0.15, 0.2) is 30.3 Å². The second-order valence-electron chi connectivity index (χ2n) is 6.31. The number of hydrogen-bond acceptors (Lipinski definition) is 4. The lowest BCUT2D eigenvalue weighted by Crippen LogP contribution is -2.09. The summed E-state index contributed by atoms with van der Waals surface area (Å²) < 4.78 is 10.8. The molecule has 0 fully saturated rings. The van der Waals surface area contributed by atoms with E-state index in [1.807, 2.05) is 45.0 Å². The van der Waals surface area contributed by atoms with E-state index in [-0.39, 0.29) is 17.7 Å². The number of esters is 1. The molecule has 0 bridgehead atoms. The van der Waals surface area contributed by atoms with E-state index < -0.39 is 0 Å². The van der Waals surface area contributed by atoms with Crippen LogP contribution in [0.1, 0.15) is 50.4 Å². The van der Waals surface area contributed by atoms with Gasteiger partial charge in [0.2, 0.25) is 0 Å². The first kappa shape index (κ1) is 18.0. The molecule has 0 atom stereocenters. The van der Waals surface area contributed by atoms with Crippen LogP contribution in [0.2, 0.25) is 0 Å². The van der Waals surface area contributed by atoms with Crippen LogP contribution in [0.3, 0.4) is 0 Å². The molecule has 0 amide bonds. The van der Waals surface area contributed by atoms with Crippen molar-refractivity contribution in [1.82, 2.24) is 0 Å². The maximum absolute atomic E-state index is 12.4. The summed E-state index contributed by atoms with van der Waals surface area (Å²) in [5, 5.41) is 1.62. The van der Waals surface area contributed by atoms with Crippen molar-refractivity contribution in [2.45, 2.75) is 40.0 Å². The maximum Gasteiger partial charge on any atom is 0.311 e. The molecule has 0 unspecified atom stereocenters. The average molecular weight is 328 g/mol. The van der Waals surface area contributed by atoms with Crippen LogP contribution in [-0.4, -0.2) is 18.9 Å². The molecule has 4 nitrogen and oxygen atoms in total. The molecule has 0 saturated heterocycles. The fourth-order valence-electron chi connectivity index (χ4n) is 2.54. The second kappa shape index (κ2) is 7.95. The minimum Gasteiger partial charge on any atom is -0.497 e. The fraction of sp³-hybridized carbons (Fsp3) is 0.400. The van der Waals surface area contributed by atoms with Crippen molar-refractivity contribution in [2.75, 3.05) is 7.11 Å². The first-order chi connectivity index (χ1) is 11.4. The Morgan fingerprint density at radius 1 is 1.12 bits per heavy atom. The van der Waals surface area contributed by atoms with Crippen LogP contribution in [0.5, 0.6) is 11.5 Å². The SMILES string of the molecule is CCCC(=O)Oc1cc(C(=O)CC(C)C)cc2ccc(OC)cc12. The molecule has 2 aromatic rings. The van der Waals surface area contributed by atoms with E-state index in [1.165, 1.54) is 0 Å². The molecule has 0 N–H and O–H groups in total. The number of methoxy groups -OCH3 is 1. The van der Waals surface area contributed by atoms with Crippen molar-refractivity contribution in [2.24, 2.45) is 5.92 Å². The largest absolute Gasteiger partial charge is 0.497 e. The van der Waals surface area contributed by atoms with Crippen LogP contribution in [0.25, 0.3) is 10.8 Å². The molecular weight excluding hydrogens is 304 g/mol. The van der Waals surface area contributed by atoms with Gasteiger partial charge in [0.1, 0.15) is 11.5 Å². The Balaban J connectivity index is 2.51. The normalized spacial score (nSPS) is 10.9. The molecule has 0 aromatic heterocycles. The summed E-state index contributed by atoms with van der Waals surface area (Å²) in [6.45, 7) is 5.93. The third kappa shape index (κ3) is 4.34. The van der Waals surface area contributed by atoms with Gasteiger partial charge in [0, 0.05) is 23.8 Å². The number of carbonyl (C=O) groups is 2. The highest BCUT2D eigenvalue weighted by Crippen LogP contribution is 2.32. The predicted octanol–water partition coefficient (Wildman–Crippen LogP) is 4.78. The molecule has 0 saturated carbocycles. The van der Waals surface area contributed by atoms with Crippen molar-refractivity contribution in [3.63, 3.8) is 0 Å².